The lowest BCUT2D eigenvalue weighted by Crippen LogP contribution is -2.43. The molecule has 0 unspecified atom stereocenters. The van der Waals surface area contributed by atoms with Gasteiger partial charge in [0.25, 0.3) is 0 Å². The normalized spacial score (nSPS) is 12.1. The zero-order valence-corrected chi connectivity index (χ0v) is 16.6. The molecule has 6 heteroatoms. The molecule has 1 aromatic carbocycles. The Morgan fingerprint density at radius 1 is 1.17 bits per heavy atom. The van der Waals surface area contributed by atoms with Gasteiger partial charge in [0, 0.05) is 33.9 Å². The van der Waals surface area contributed by atoms with Gasteiger partial charge in [-0.05, 0) is 50.2 Å². The number of hydrogen-bond donors (Lipinski definition) is 2. The highest BCUT2D eigenvalue weighted by molar-refractivity contribution is 9.10. The molecule has 1 aromatic heterocycles. The maximum absolute atomic E-state index is 4.30. The Morgan fingerprint density at radius 2 is 1.92 bits per heavy atom. The van der Waals surface area contributed by atoms with Crippen LogP contribution in [0.5, 0.6) is 0 Å². The Kier molecular flexibility index (Phi) is 7.12. The molecule has 0 fully saturated rings. The maximum atomic E-state index is 4.30. The van der Waals surface area contributed by atoms with Gasteiger partial charge >= 0.3 is 0 Å². The van der Waals surface area contributed by atoms with Crippen LogP contribution >= 0.6 is 27.7 Å². The van der Waals surface area contributed by atoms with Crippen molar-refractivity contribution in [1.82, 2.24) is 15.6 Å². The van der Waals surface area contributed by atoms with E-state index >= 15 is 0 Å². The summed E-state index contributed by atoms with van der Waals surface area (Å²) in [6, 6.07) is 14.3. The SMILES string of the molecule is CN=C(NCc1ccccn1)NCC(C)(C)Sc1ccc(Br)cc1. The topological polar surface area (TPSA) is 49.3 Å². The molecule has 1 heterocycles. The zero-order chi connectivity index (χ0) is 17.4. The summed E-state index contributed by atoms with van der Waals surface area (Å²) in [6.45, 7) is 5.90. The van der Waals surface area contributed by atoms with E-state index in [1.165, 1.54) is 4.90 Å². The number of aromatic nitrogens is 1. The third-order valence-electron chi connectivity index (χ3n) is 3.28. The zero-order valence-electron chi connectivity index (χ0n) is 14.2. The van der Waals surface area contributed by atoms with E-state index < -0.39 is 0 Å². The molecule has 0 aliphatic carbocycles. The van der Waals surface area contributed by atoms with Crippen LogP contribution < -0.4 is 10.6 Å². The number of rotatable bonds is 6. The monoisotopic (exact) mass is 406 g/mol. The highest BCUT2D eigenvalue weighted by Crippen LogP contribution is 2.32. The molecule has 0 aliphatic heterocycles. The summed E-state index contributed by atoms with van der Waals surface area (Å²) in [6.07, 6.45) is 1.80. The average Bonchev–Trinajstić information content (AvgIpc) is 2.58. The molecule has 2 rings (SSSR count). The van der Waals surface area contributed by atoms with E-state index in [1.54, 1.807) is 13.2 Å². The molecule has 0 radical (unpaired) electrons. The molecule has 0 atom stereocenters. The molecule has 2 aromatic rings. The number of halogens is 1. The highest BCUT2D eigenvalue weighted by Gasteiger charge is 2.20. The first kappa shape index (κ1) is 18.8. The van der Waals surface area contributed by atoms with Crippen molar-refractivity contribution in [3.63, 3.8) is 0 Å². The van der Waals surface area contributed by atoms with Gasteiger partial charge in [0.05, 0.1) is 12.2 Å². The molecule has 0 amide bonds. The van der Waals surface area contributed by atoms with Crippen molar-refractivity contribution in [2.45, 2.75) is 30.0 Å². The minimum atomic E-state index is 0.0381. The second-order valence-corrected chi connectivity index (χ2v) is 8.61. The molecule has 0 aliphatic rings. The Hall–Kier alpha value is -1.53. The highest BCUT2D eigenvalue weighted by atomic mass is 79.9. The fourth-order valence-corrected chi connectivity index (χ4v) is 3.37. The van der Waals surface area contributed by atoms with Crippen molar-refractivity contribution in [2.24, 2.45) is 4.99 Å². The molecule has 4 nitrogen and oxygen atoms in total. The van der Waals surface area contributed by atoms with Gasteiger partial charge in [0.2, 0.25) is 0 Å². The van der Waals surface area contributed by atoms with Crippen LogP contribution in [-0.4, -0.2) is 29.3 Å². The van der Waals surface area contributed by atoms with Gasteiger partial charge in [-0.25, -0.2) is 0 Å². The average molecular weight is 407 g/mol. The predicted octanol–water partition coefficient (Wildman–Crippen LogP) is 4.08. The summed E-state index contributed by atoms with van der Waals surface area (Å²) in [4.78, 5) is 9.83. The minimum Gasteiger partial charge on any atom is -0.355 e. The standard InChI is InChI=1S/C18H23BrN4S/c1-18(2,24-16-9-7-14(19)8-10-16)13-23-17(20-3)22-12-15-6-4-5-11-21-15/h4-11H,12-13H2,1-3H3,(H2,20,22,23). The van der Waals surface area contributed by atoms with E-state index in [0.29, 0.717) is 6.54 Å². The molecule has 2 N–H and O–H groups in total. The van der Waals surface area contributed by atoms with E-state index in [4.69, 9.17) is 0 Å². The van der Waals surface area contributed by atoms with Crippen molar-refractivity contribution >= 4 is 33.7 Å². The Morgan fingerprint density at radius 3 is 2.54 bits per heavy atom. The predicted molar refractivity (Wildman–Crippen MR) is 107 cm³/mol. The van der Waals surface area contributed by atoms with Crippen LogP contribution in [0.25, 0.3) is 0 Å². The lowest BCUT2D eigenvalue weighted by Gasteiger charge is -2.25. The van der Waals surface area contributed by atoms with Crippen LogP contribution in [0.4, 0.5) is 0 Å². The smallest absolute Gasteiger partial charge is 0.191 e. The van der Waals surface area contributed by atoms with Crippen LogP contribution in [0.3, 0.4) is 0 Å². The summed E-state index contributed by atoms with van der Waals surface area (Å²) in [5.41, 5.74) is 0.990. The Balaban J connectivity index is 1.83. The van der Waals surface area contributed by atoms with E-state index in [9.17, 15) is 0 Å². The lowest BCUT2D eigenvalue weighted by atomic mass is 10.2. The van der Waals surface area contributed by atoms with Gasteiger partial charge in [-0.3, -0.25) is 9.98 Å². The lowest BCUT2D eigenvalue weighted by molar-refractivity contribution is 0.661. The van der Waals surface area contributed by atoms with E-state index in [2.05, 4.69) is 74.7 Å². The number of thioether (sulfide) groups is 1. The molecular formula is C18H23BrN4S. The Labute approximate surface area is 156 Å². The number of guanidine groups is 1. The molecule has 128 valence electrons. The third-order valence-corrected chi connectivity index (χ3v) is 5.01. The molecule has 0 saturated carbocycles. The van der Waals surface area contributed by atoms with E-state index in [0.717, 1.165) is 22.7 Å². The molecule has 24 heavy (non-hydrogen) atoms. The van der Waals surface area contributed by atoms with Crippen molar-refractivity contribution in [1.29, 1.82) is 0 Å². The summed E-state index contributed by atoms with van der Waals surface area (Å²) in [5.74, 6) is 0.783. The number of nitrogens with zero attached hydrogens (tertiary/aromatic N) is 2. The van der Waals surface area contributed by atoms with E-state index in [1.807, 2.05) is 30.0 Å². The second kappa shape index (κ2) is 9.08. The number of hydrogen-bond acceptors (Lipinski definition) is 3. The third kappa shape index (κ3) is 6.53. The summed E-state index contributed by atoms with van der Waals surface area (Å²) >= 11 is 5.31. The summed E-state index contributed by atoms with van der Waals surface area (Å²) in [5, 5.41) is 6.68. The molecule has 0 spiro atoms. The first-order valence-corrected chi connectivity index (χ1v) is 9.38. The van der Waals surface area contributed by atoms with Crippen LogP contribution in [0.15, 0.2) is 63.0 Å². The minimum absolute atomic E-state index is 0.0381. The Bertz CT molecular complexity index is 656. The van der Waals surface area contributed by atoms with Crippen molar-refractivity contribution in [3.8, 4) is 0 Å². The van der Waals surface area contributed by atoms with Crippen molar-refractivity contribution < 1.29 is 0 Å². The van der Waals surface area contributed by atoms with Crippen molar-refractivity contribution in [2.75, 3.05) is 13.6 Å². The van der Waals surface area contributed by atoms with Gasteiger partial charge in [-0.2, -0.15) is 0 Å². The number of benzene rings is 1. The van der Waals surface area contributed by atoms with Crippen LogP contribution in [0.2, 0.25) is 0 Å². The number of pyridine rings is 1. The van der Waals surface area contributed by atoms with Gasteiger partial charge in [0.1, 0.15) is 0 Å². The van der Waals surface area contributed by atoms with Crippen molar-refractivity contribution in [3.05, 3.63) is 58.8 Å². The first-order valence-electron chi connectivity index (χ1n) is 7.77. The van der Waals surface area contributed by atoms with Crippen LogP contribution in [-0.2, 0) is 6.54 Å². The van der Waals surface area contributed by atoms with Gasteiger partial charge in [-0.15, -0.1) is 11.8 Å². The van der Waals surface area contributed by atoms with Gasteiger partial charge < -0.3 is 10.6 Å². The van der Waals surface area contributed by atoms with Gasteiger partial charge in [0.15, 0.2) is 5.96 Å². The number of nitrogens with one attached hydrogen (secondary N) is 2. The quantitative estimate of drug-likeness (QED) is 0.431. The molecule has 0 saturated heterocycles. The fourth-order valence-electron chi connectivity index (χ4n) is 2.05. The molecule has 0 bridgehead atoms. The largest absolute Gasteiger partial charge is 0.355 e. The molecular weight excluding hydrogens is 384 g/mol. The first-order chi connectivity index (χ1) is 11.5. The van der Waals surface area contributed by atoms with Gasteiger partial charge in [-0.1, -0.05) is 22.0 Å². The van der Waals surface area contributed by atoms with Crippen LogP contribution in [0.1, 0.15) is 19.5 Å². The fraction of sp³-hybridized carbons (Fsp3) is 0.333. The summed E-state index contributed by atoms with van der Waals surface area (Å²) in [7, 11) is 1.78. The second-order valence-electron chi connectivity index (χ2n) is 5.92. The number of aliphatic imine (C=N–C) groups is 1. The van der Waals surface area contributed by atoms with Crippen LogP contribution in [0, 0.1) is 0 Å². The summed E-state index contributed by atoms with van der Waals surface area (Å²) < 4.78 is 1.14. The maximum Gasteiger partial charge on any atom is 0.191 e. The van der Waals surface area contributed by atoms with E-state index in [-0.39, 0.29) is 4.75 Å².